The zero-order chi connectivity index (χ0) is 29.6. The third kappa shape index (κ3) is 8.05. The summed E-state index contributed by atoms with van der Waals surface area (Å²) in [6.45, 7) is 1.56. The highest BCUT2D eigenvalue weighted by Crippen LogP contribution is 2.33. The maximum atomic E-state index is 11.5. The zero-order valence-electron chi connectivity index (χ0n) is 23.1. The second-order valence-electron chi connectivity index (χ2n) is 11.0. The molecule has 234 valence electrons. The minimum absolute atomic E-state index is 0.00776. The van der Waals surface area contributed by atoms with Gasteiger partial charge in [0.1, 0.15) is 42.0 Å². The largest absolute Gasteiger partial charge is 0.395 e. The normalized spacial score (nSPS) is 44.0. The van der Waals surface area contributed by atoms with Crippen LogP contribution >= 0.6 is 0 Å². The Morgan fingerprint density at radius 2 is 1.80 bits per heavy atom. The smallest absolute Gasteiger partial charge is 0.185 e. The lowest BCUT2D eigenvalue weighted by Gasteiger charge is -2.48. The van der Waals surface area contributed by atoms with Gasteiger partial charge in [-0.2, -0.15) is 0 Å². The number of aliphatic imine (C=N–C) groups is 1. The molecule has 1 aliphatic carbocycles. The first kappa shape index (κ1) is 33.4. The van der Waals surface area contributed by atoms with E-state index < -0.39 is 79.5 Å². The minimum Gasteiger partial charge on any atom is -0.395 e. The van der Waals surface area contributed by atoms with Gasteiger partial charge >= 0.3 is 0 Å². The molecule has 2 saturated heterocycles. The topological polar surface area (TPSA) is 273 Å². The van der Waals surface area contributed by atoms with Crippen LogP contribution in [-0.2, 0) is 18.9 Å². The zero-order valence-corrected chi connectivity index (χ0v) is 23.1. The predicted octanol–water partition coefficient (Wildman–Crippen LogP) is -5.60. The number of likely N-dealkylation sites (N-methyl/N-ethyl adjacent to an activating group) is 1. The summed E-state index contributed by atoms with van der Waals surface area (Å²) in [5.74, 6) is -0.281. The van der Waals surface area contributed by atoms with Crippen LogP contribution < -0.4 is 27.8 Å². The monoisotopic (exact) mass is 580 g/mol. The van der Waals surface area contributed by atoms with Gasteiger partial charge in [0.2, 0.25) is 0 Å². The SMILES string of the molecule is CN[C@@H]1[C@@H](O)[C@@H](O[C@@H]2[C@@H](O)[C@H](O[C@H]3O[C@H](CNCCO)CC[C@H]3N)[C@@H](N)C[C@H]2N=C(N)C(O)CO)OC[C@]1(C)O. The van der Waals surface area contributed by atoms with E-state index in [4.69, 9.17) is 41.3 Å². The Bertz CT molecular complexity index is 812. The van der Waals surface area contributed by atoms with Crippen molar-refractivity contribution < 1.29 is 49.6 Å². The average Bonchev–Trinajstić information content (AvgIpc) is 2.91. The molecule has 2 aliphatic heterocycles. The van der Waals surface area contributed by atoms with Gasteiger partial charge in [0.25, 0.3) is 0 Å². The standard InChI is InChI=1S/C24H48N6O10/c1-24(36)10-37-23(17(35)20(24)28-2)40-19-14(30-21(27)15(33)9-32)7-13(26)18(16(19)34)39-22-12(25)4-3-11(38-22)8-29-5-6-31/h11-20,22-23,28-29,31-36H,3-10,25-26H2,1-2H3,(H2,27,30)/t11-,12+,13-,14+,15?,16-,17+,18+,19-,20+,22+,23+,24-/m0/s1. The Hall–Kier alpha value is -1.09. The summed E-state index contributed by atoms with van der Waals surface area (Å²) in [7, 11) is 1.58. The van der Waals surface area contributed by atoms with E-state index in [9.17, 15) is 25.5 Å². The van der Waals surface area contributed by atoms with Gasteiger partial charge in [-0.1, -0.05) is 0 Å². The average molecular weight is 581 g/mol. The molecular formula is C24H48N6O10. The second-order valence-corrected chi connectivity index (χ2v) is 11.0. The van der Waals surface area contributed by atoms with E-state index in [1.165, 1.54) is 6.92 Å². The lowest BCUT2D eigenvalue weighted by Crippen LogP contribution is -2.67. The van der Waals surface area contributed by atoms with Gasteiger partial charge in [0, 0.05) is 19.1 Å². The molecule has 3 rings (SSSR count). The van der Waals surface area contributed by atoms with Crippen molar-refractivity contribution >= 4 is 5.84 Å². The quantitative estimate of drug-likeness (QED) is 0.0583. The summed E-state index contributed by atoms with van der Waals surface area (Å²) in [4.78, 5) is 4.27. The summed E-state index contributed by atoms with van der Waals surface area (Å²) in [5, 5.41) is 67.2. The van der Waals surface area contributed by atoms with Gasteiger partial charge in [-0.15, -0.1) is 0 Å². The van der Waals surface area contributed by atoms with Crippen LogP contribution in [0.25, 0.3) is 0 Å². The number of nitrogens with two attached hydrogens (primary N) is 3. The minimum atomic E-state index is -1.44. The number of amidine groups is 1. The maximum absolute atomic E-state index is 11.5. The predicted molar refractivity (Wildman–Crippen MR) is 142 cm³/mol. The summed E-state index contributed by atoms with van der Waals surface area (Å²) >= 11 is 0. The number of hydrogen-bond acceptors (Lipinski definition) is 15. The van der Waals surface area contributed by atoms with Crippen LogP contribution in [0.15, 0.2) is 4.99 Å². The molecule has 2 heterocycles. The van der Waals surface area contributed by atoms with E-state index in [0.717, 1.165) is 0 Å². The Balaban J connectivity index is 1.81. The number of ether oxygens (including phenoxy) is 4. The summed E-state index contributed by atoms with van der Waals surface area (Å²) in [6.07, 6.45) is -7.42. The lowest BCUT2D eigenvalue weighted by atomic mass is 9.83. The third-order valence-corrected chi connectivity index (χ3v) is 7.70. The van der Waals surface area contributed by atoms with Crippen molar-refractivity contribution in [3.05, 3.63) is 0 Å². The molecule has 16 heteroatoms. The molecule has 40 heavy (non-hydrogen) atoms. The molecule has 0 amide bonds. The van der Waals surface area contributed by atoms with Crippen LogP contribution in [0.2, 0.25) is 0 Å². The van der Waals surface area contributed by atoms with E-state index in [-0.39, 0.29) is 31.6 Å². The molecule has 0 spiro atoms. The molecule has 0 radical (unpaired) electrons. The Morgan fingerprint density at radius 3 is 2.45 bits per heavy atom. The Kier molecular flexibility index (Phi) is 12.4. The van der Waals surface area contributed by atoms with Gasteiger partial charge in [0.15, 0.2) is 12.6 Å². The van der Waals surface area contributed by atoms with Crippen molar-refractivity contribution in [2.75, 3.05) is 40.0 Å². The van der Waals surface area contributed by atoms with E-state index >= 15 is 0 Å². The molecule has 3 aliphatic rings. The van der Waals surface area contributed by atoms with Gasteiger partial charge < -0.3 is 77.4 Å². The highest BCUT2D eigenvalue weighted by atomic mass is 16.7. The number of aliphatic hydroxyl groups excluding tert-OH is 5. The van der Waals surface area contributed by atoms with Crippen LogP contribution in [-0.4, -0.2) is 155 Å². The molecule has 13 atom stereocenters. The van der Waals surface area contributed by atoms with Crippen LogP contribution in [0.3, 0.4) is 0 Å². The van der Waals surface area contributed by atoms with Crippen molar-refractivity contribution in [2.45, 2.75) is 105 Å². The number of hydrogen-bond donors (Lipinski definition) is 11. The second kappa shape index (κ2) is 14.9. The highest BCUT2D eigenvalue weighted by Gasteiger charge is 2.51. The fourth-order valence-electron chi connectivity index (χ4n) is 5.44. The molecule has 14 N–H and O–H groups in total. The lowest BCUT2D eigenvalue weighted by molar-refractivity contribution is -0.306. The first-order chi connectivity index (χ1) is 18.9. The third-order valence-electron chi connectivity index (χ3n) is 7.70. The van der Waals surface area contributed by atoms with Gasteiger partial charge in [-0.25, -0.2) is 0 Å². The number of nitrogens with one attached hydrogen (secondary N) is 2. The van der Waals surface area contributed by atoms with Crippen LogP contribution in [0.1, 0.15) is 26.2 Å². The van der Waals surface area contributed by atoms with Crippen LogP contribution in [0.5, 0.6) is 0 Å². The molecule has 0 aromatic heterocycles. The van der Waals surface area contributed by atoms with Gasteiger partial charge in [0.05, 0.1) is 44.1 Å². The summed E-state index contributed by atoms with van der Waals surface area (Å²) in [6, 6.07) is -2.99. The fraction of sp³-hybridized carbons (Fsp3) is 0.958. The van der Waals surface area contributed by atoms with E-state index in [1.54, 1.807) is 7.05 Å². The Labute approximate surface area is 233 Å². The van der Waals surface area contributed by atoms with Crippen LogP contribution in [0, 0.1) is 0 Å². The first-order valence-corrected chi connectivity index (χ1v) is 13.7. The molecule has 3 fully saturated rings. The van der Waals surface area contributed by atoms with E-state index in [2.05, 4.69) is 15.6 Å². The number of aliphatic hydroxyl groups is 6. The van der Waals surface area contributed by atoms with Crippen molar-refractivity contribution in [3.8, 4) is 0 Å². The Morgan fingerprint density at radius 1 is 1.10 bits per heavy atom. The molecule has 16 nitrogen and oxygen atoms in total. The molecule has 1 unspecified atom stereocenters. The molecular weight excluding hydrogens is 532 g/mol. The molecule has 1 saturated carbocycles. The van der Waals surface area contributed by atoms with Crippen molar-refractivity contribution in [3.63, 3.8) is 0 Å². The van der Waals surface area contributed by atoms with Crippen molar-refractivity contribution in [1.29, 1.82) is 0 Å². The number of nitrogens with zero attached hydrogens (tertiary/aromatic N) is 1. The maximum Gasteiger partial charge on any atom is 0.185 e. The summed E-state index contributed by atoms with van der Waals surface area (Å²) in [5.41, 5.74) is 17.2. The van der Waals surface area contributed by atoms with E-state index in [1.807, 2.05) is 0 Å². The van der Waals surface area contributed by atoms with Crippen LogP contribution in [0.4, 0.5) is 0 Å². The van der Waals surface area contributed by atoms with Crippen molar-refractivity contribution in [1.82, 2.24) is 10.6 Å². The molecule has 0 bridgehead atoms. The fourth-order valence-corrected chi connectivity index (χ4v) is 5.44. The molecule has 0 aromatic carbocycles. The molecule has 0 aromatic rings. The first-order valence-electron chi connectivity index (χ1n) is 13.7. The van der Waals surface area contributed by atoms with Gasteiger partial charge in [-0.3, -0.25) is 4.99 Å². The van der Waals surface area contributed by atoms with Crippen molar-refractivity contribution in [2.24, 2.45) is 22.2 Å². The highest BCUT2D eigenvalue weighted by molar-refractivity contribution is 5.84. The summed E-state index contributed by atoms with van der Waals surface area (Å²) < 4.78 is 23.9. The van der Waals surface area contributed by atoms with Gasteiger partial charge in [-0.05, 0) is 33.2 Å². The van der Waals surface area contributed by atoms with E-state index in [0.29, 0.717) is 25.9 Å². The number of rotatable bonds is 12.